The molecule has 1 N–H and O–H groups in total. The minimum atomic E-state index is -0.334. The lowest BCUT2D eigenvalue weighted by atomic mass is 10.1. The largest absolute Gasteiger partial charge is 0.350 e. The highest BCUT2D eigenvalue weighted by atomic mass is 16.1. The van der Waals surface area contributed by atoms with Crippen molar-refractivity contribution in [3.63, 3.8) is 0 Å². The summed E-state index contributed by atoms with van der Waals surface area (Å²) >= 11 is 0. The van der Waals surface area contributed by atoms with E-state index in [9.17, 15) is 14.4 Å². The lowest BCUT2D eigenvalue weighted by Gasteiger charge is -2.00. The zero-order valence-corrected chi connectivity index (χ0v) is 14.5. The predicted molar refractivity (Wildman–Crippen MR) is 105 cm³/mol. The molecule has 0 saturated heterocycles. The van der Waals surface area contributed by atoms with Crippen molar-refractivity contribution >= 4 is 39.1 Å². The molecule has 6 nitrogen and oxygen atoms in total. The van der Waals surface area contributed by atoms with Gasteiger partial charge in [-0.1, -0.05) is 18.2 Å². The van der Waals surface area contributed by atoms with Crippen LogP contribution in [0.15, 0.2) is 76.4 Å². The molecule has 4 heterocycles. The molecule has 0 saturated carbocycles. The quantitative estimate of drug-likeness (QED) is 0.329. The summed E-state index contributed by atoms with van der Waals surface area (Å²) in [5.41, 5.74) is 2.30. The van der Waals surface area contributed by atoms with Crippen LogP contribution in [-0.4, -0.2) is 10.2 Å². The number of Topliss-reactive ketones (excluding diaryl/α,β-unsaturated/α-hetero) is 1. The van der Waals surface area contributed by atoms with Gasteiger partial charge in [0.15, 0.2) is 6.20 Å². The van der Waals surface area contributed by atoms with Crippen molar-refractivity contribution in [2.24, 2.45) is 0 Å². The first-order valence-corrected chi connectivity index (χ1v) is 8.85. The van der Waals surface area contributed by atoms with Crippen molar-refractivity contribution in [1.82, 2.24) is 4.40 Å². The maximum atomic E-state index is 13.3. The van der Waals surface area contributed by atoms with Crippen molar-refractivity contribution in [3.05, 3.63) is 98.4 Å². The lowest BCUT2D eigenvalue weighted by molar-refractivity contribution is -0.482. The third-order valence-electron chi connectivity index (χ3n) is 5.36. The van der Waals surface area contributed by atoms with Crippen molar-refractivity contribution in [1.29, 1.82) is 0 Å². The van der Waals surface area contributed by atoms with Gasteiger partial charge in [0, 0.05) is 29.4 Å². The van der Waals surface area contributed by atoms with E-state index < -0.39 is 0 Å². The second kappa shape index (κ2) is 5.01. The minimum absolute atomic E-state index is 0.0868. The molecular weight excluding hydrogens is 354 g/mol. The number of rotatable bonds is 0. The Balaban J connectivity index is 1.93. The Hall–Kier alpha value is -4.06. The van der Waals surface area contributed by atoms with E-state index in [1.165, 1.54) is 4.40 Å². The molecule has 1 aliphatic rings. The van der Waals surface area contributed by atoms with E-state index in [1.54, 1.807) is 53.1 Å². The van der Waals surface area contributed by atoms with E-state index in [2.05, 4.69) is 5.32 Å². The van der Waals surface area contributed by atoms with Crippen LogP contribution >= 0.6 is 0 Å². The average Bonchev–Trinajstić information content (AvgIpc) is 3.22. The summed E-state index contributed by atoms with van der Waals surface area (Å²) in [4.78, 5) is 39.6. The van der Waals surface area contributed by atoms with Crippen LogP contribution in [0, 0.1) is 0 Å². The normalized spacial score (nSPS) is 15.5. The first kappa shape index (κ1) is 15.0. The molecule has 0 unspecified atom stereocenters. The zero-order chi connectivity index (χ0) is 19.0. The average molecular weight is 366 g/mol. The lowest BCUT2D eigenvalue weighted by Crippen LogP contribution is -2.40. The van der Waals surface area contributed by atoms with Gasteiger partial charge in [-0.05, 0) is 24.3 Å². The Kier molecular flexibility index (Phi) is 2.69. The number of hydrogen-bond acceptors (Lipinski definition) is 4. The summed E-state index contributed by atoms with van der Waals surface area (Å²) in [7, 11) is 0. The number of para-hydroxylation sites is 2. The van der Waals surface area contributed by atoms with Crippen molar-refractivity contribution in [3.8, 4) is 0 Å². The standard InChI is InChI=1S/C22H11N3O3/c26-20-12-6-1-2-8-14(12)23-17(20)19-21(27)13-7-5-10-15-18(13)25(19)22(28)16-9-3-4-11-24(15)16/h1-11H/p+1. The van der Waals surface area contributed by atoms with Crippen LogP contribution in [0.1, 0.15) is 10.4 Å². The van der Waals surface area contributed by atoms with Crippen LogP contribution < -0.4 is 26.1 Å². The molecule has 0 fully saturated rings. The number of anilines is 1. The number of benzene rings is 2. The highest BCUT2D eigenvalue weighted by molar-refractivity contribution is 6.33. The summed E-state index contributed by atoms with van der Waals surface area (Å²) < 4.78 is 3.16. The molecular formula is C22H12N3O3+. The first-order valence-electron chi connectivity index (χ1n) is 8.85. The molecule has 1 aliphatic heterocycles. The number of nitrogens with one attached hydrogen (secondary N) is 1. The molecule has 28 heavy (non-hydrogen) atoms. The predicted octanol–water partition coefficient (Wildman–Crippen LogP) is 1.12. The van der Waals surface area contributed by atoms with Crippen LogP contribution in [0.2, 0.25) is 0 Å². The van der Waals surface area contributed by atoms with E-state index in [1.807, 2.05) is 18.2 Å². The number of carbonyl (C=O) groups excluding carboxylic acids is 1. The van der Waals surface area contributed by atoms with Crippen molar-refractivity contribution in [2.75, 3.05) is 5.32 Å². The molecule has 3 aromatic heterocycles. The van der Waals surface area contributed by atoms with Gasteiger partial charge >= 0.3 is 5.56 Å². The van der Waals surface area contributed by atoms with Crippen LogP contribution in [-0.2, 0) is 0 Å². The van der Waals surface area contributed by atoms with E-state index >= 15 is 0 Å². The molecule has 5 aromatic rings. The van der Waals surface area contributed by atoms with E-state index in [4.69, 9.17) is 0 Å². The SMILES string of the molecule is O=C1/C(=c2/c(=O)c3cccc4c3n2c(=O)c2cccc[n+]24)Nc2ccccc21. The summed E-state index contributed by atoms with van der Waals surface area (Å²) in [5.74, 6) is -0.285. The molecule has 0 aliphatic carbocycles. The van der Waals surface area contributed by atoms with Gasteiger partial charge in [-0.25, -0.2) is 0 Å². The number of aromatic nitrogens is 2. The summed E-state index contributed by atoms with van der Waals surface area (Å²) in [6.45, 7) is 0. The van der Waals surface area contributed by atoms with Gasteiger partial charge < -0.3 is 5.32 Å². The second-order valence-electron chi connectivity index (χ2n) is 6.82. The molecule has 0 radical (unpaired) electrons. The number of fused-ring (bicyclic) bond motifs is 3. The van der Waals surface area contributed by atoms with Crippen molar-refractivity contribution in [2.45, 2.75) is 0 Å². The monoisotopic (exact) mass is 366 g/mol. The molecule has 2 aromatic carbocycles. The Bertz CT molecular complexity index is 1650. The minimum Gasteiger partial charge on any atom is -0.350 e. The Morgan fingerprint density at radius 1 is 0.821 bits per heavy atom. The van der Waals surface area contributed by atoms with Gasteiger partial charge in [0.25, 0.3) is 5.52 Å². The third kappa shape index (κ3) is 1.67. The third-order valence-corrected chi connectivity index (χ3v) is 5.36. The Labute approximate surface area is 156 Å². The Morgan fingerprint density at radius 2 is 1.61 bits per heavy atom. The smallest absolute Gasteiger partial charge is 0.328 e. The number of nitrogens with zero attached hydrogens (tertiary/aromatic N) is 2. The highest BCUT2D eigenvalue weighted by Gasteiger charge is 2.30. The maximum absolute atomic E-state index is 13.3. The maximum Gasteiger partial charge on any atom is 0.328 e. The number of hydrogen-bond donors (Lipinski definition) is 1. The van der Waals surface area contributed by atoms with Crippen LogP contribution in [0.5, 0.6) is 0 Å². The van der Waals surface area contributed by atoms with E-state index in [-0.39, 0.29) is 27.8 Å². The second-order valence-corrected chi connectivity index (χ2v) is 6.82. The highest BCUT2D eigenvalue weighted by Crippen LogP contribution is 2.27. The summed E-state index contributed by atoms with van der Waals surface area (Å²) in [5, 5.41) is 3.56. The summed E-state index contributed by atoms with van der Waals surface area (Å²) in [6, 6.07) is 17.7. The molecule has 0 atom stereocenters. The van der Waals surface area contributed by atoms with Crippen LogP contribution in [0.4, 0.5) is 5.69 Å². The first-order chi connectivity index (χ1) is 13.7. The summed E-state index contributed by atoms with van der Waals surface area (Å²) in [6.07, 6.45) is 1.80. The molecule has 6 heteroatoms. The molecule has 6 rings (SSSR count). The molecule has 0 bridgehead atoms. The molecule has 132 valence electrons. The van der Waals surface area contributed by atoms with Gasteiger partial charge in [-0.2, -0.15) is 4.40 Å². The van der Waals surface area contributed by atoms with E-state index in [0.29, 0.717) is 27.7 Å². The van der Waals surface area contributed by atoms with Crippen molar-refractivity contribution < 1.29 is 9.20 Å². The molecule has 0 amide bonds. The number of carbonyl (C=O) groups is 1. The zero-order valence-electron chi connectivity index (χ0n) is 14.5. The van der Waals surface area contributed by atoms with Gasteiger partial charge in [0.1, 0.15) is 16.6 Å². The number of pyridine rings is 1. The van der Waals surface area contributed by atoms with Gasteiger partial charge in [0.05, 0.1) is 5.39 Å². The fourth-order valence-corrected chi connectivity index (χ4v) is 4.14. The van der Waals surface area contributed by atoms with Gasteiger partial charge in [0.2, 0.25) is 16.7 Å². The van der Waals surface area contributed by atoms with Crippen LogP contribution in [0.3, 0.4) is 0 Å². The number of ketones is 1. The topological polar surface area (TPSA) is 71.8 Å². The fraction of sp³-hybridized carbons (Fsp3) is 0. The van der Waals surface area contributed by atoms with Gasteiger partial charge in [-0.3, -0.25) is 18.8 Å². The molecule has 0 spiro atoms. The fourth-order valence-electron chi connectivity index (χ4n) is 4.14. The van der Waals surface area contributed by atoms with Crippen LogP contribution in [0.25, 0.3) is 27.6 Å². The van der Waals surface area contributed by atoms with E-state index in [0.717, 1.165) is 5.52 Å². The van der Waals surface area contributed by atoms with Gasteiger partial charge in [-0.15, -0.1) is 0 Å². The Morgan fingerprint density at radius 3 is 2.46 bits per heavy atom.